The van der Waals surface area contributed by atoms with Crippen LogP contribution in [0.3, 0.4) is 0 Å². The van der Waals surface area contributed by atoms with Crippen LogP contribution < -0.4 is 5.73 Å². The maximum Gasteiger partial charge on any atom is 0.244 e. The molecule has 5 nitrogen and oxygen atoms in total. The van der Waals surface area contributed by atoms with Crippen LogP contribution in [0.1, 0.15) is 0 Å². The molecule has 0 atom stereocenters. The van der Waals surface area contributed by atoms with Crippen molar-refractivity contribution in [1.29, 1.82) is 0 Å². The van der Waals surface area contributed by atoms with Gasteiger partial charge in [-0.2, -0.15) is 4.31 Å². The lowest BCUT2D eigenvalue weighted by Gasteiger charge is -2.37. The smallest absolute Gasteiger partial charge is 0.244 e. The number of hydrogen-bond acceptors (Lipinski definition) is 4. The van der Waals surface area contributed by atoms with Crippen LogP contribution in [0.2, 0.25) is 0 Å². The molecule has 0 aliphatic carbocycles. The number of nitrogens with two attached hydrogens (primary N) is 1. The Hall–Kier alpha value is -0.630. The van der Waals surface area contributed by atoms with E-state index in [1.54, 1.807) is 12.1 Å². The van der Waals surface area contributed by atoms with Gasteiger partial charge in [0.15, 0.2) is 0 Å². The van der Waals surface area contributed by atoms with Gasteiger partial charge in [-0.05, 0) is 34.1 Å². The molecule has 1 saturated heterocycles. The van der Waals surface area contributed by atoms with Crippen molar-refractivity contribution in [3.8, 4) is 0 Å². The van der Waals surface area contributed by atoms with E-state index in [1.165, 1.54) is 10.4 Å². The Labute approximate surface area is 108 Å². The summed E-state index contributed by atoms with van der Waals surface area (Å²) in [6, 6.07) is 4.69. The van der Waals surface area contributed by atoms with Crippen molar-refractivity contribution in [2.24, 2.45) is 5.92 Å². The van der Waals surface area contributed by atoms with Crippen molar-refractivity contribution in [2.45, 2.75) is 4.90 Å². The number of rotatable bonds is 3. The molecule has 2 rings (SSSR count). The monoisotopic (exact) mass is 320 g/mol. The third-order valence-corrected chi connectivity index (χ3v) is 5.58. The summed E-state index contributed by atoms with van der Waals surface area (Å²) in [6.07, 6.45) is 0. The molecule has 7 heteroatoms. The summed E-state index contributed by atoms with van der Waals surface area (Å²) in [7, 11) is -3.50. The van der Waals surface area contributed by atoms with E-state index in [2.05, 4.69) is 15.9 Å². The number of benzene rings is 1. The van der Waals surface area contributed by atoms with Crippen molar-refractivity contribution >= 4 is 31.6 Å². The van der Waals surface area contributed by atoms with E-state index in [-0.39, 0.29) is 17.4 Å². The zero-order chi connectivity index (χ0) is 12.6. The SMILES string of the molecule is Nc1ccc(Br)c(S(=O)(=O)N2CC(CO)C2)c1. The molecule has 0 spiro atoms. The van der Waals surface area contributed by atoms with Gasteiger partial charge < -0.3 is 10.8 Å². The number of anilines is 1. The molecular formula is C10H13BrN2O3S. The third kappa shape index (κ3) is 2.33. The Morgan fingerprint density at radius 1 is 1.47 bits per heavy atom. The van der Waals surface area contributed by atoms with Crippen LogP contribution in [0.25, 0.3) is 0 Å². The van der Waals surface area contributed by atoms with E-state index in [1.807, 2.05) is 0 Å². The molecule has 0 aromatic heterocycles. The first-order chi connectivity index (χ1) is 7.95. The molecule has 1 aliphatic rings. The highest BCUT2D eigenvalue weighted by Crippen LogP contribution is 2.30. The number of nitrogen functional groups attached to an aromatic ring is 1. The fraction of sp³-hybridized carbons (Fsp3) is 0.400. The fourth-order valence-electron chi connectivity index (χ4n) is 1.69. The topological polar surface area (TPSA) is 83.6 Å². The van der Waals surface area contributed by atoms with Gasteiger partial charge in [0.25, 0.3) is 0 Å². The van der Waals surface area contributed by atoms with Gasteiger partial charge >= 0.3 is 0 Å². The lowest BCUT2D eigenvalue weighted by atomic mass is 10.1. The summed E-state index contributed by atoms with van der Waals surface area (Å²) in [5.74, 6) is 0.0459. The Morgan fingerprint density at radius 2 is 2.12 bits per heavy atom. The van der Waals surface area contributed by atoms with Crippen LogP contribution in [-0.4, -0.2) is 37.5 Å². The minimum absolute atomic E-state index is 0.0180. The molecule has 1 fully saturated rings. The zero-order valence-electron chi connectivity index (χ0n) is 9.01. The standard InChI is InChI=1S/C10H13BrN2O3S/c11-9-2-1-8(12)3-10(9)17(15,16)13-4-7(5-13)6-14/h1-3,7,14H,4-6,12H2. The van der Waals surface area contributed by atoms with Crippen LogP contribution >= 0.6 is 15.9 Å². The van der Waals surface area contributed by atoms with Crippen molar-refractivity contribution < 1.29 is 13.5 Å². The second-order valence-corrected chi connectivity index (χ2v) is 6.82. The Bertz CT molecular complexity index is 526. The molecule has 1 heterocycles. The number of sulfonamides is 1. The first-order valence-corrected chi connectivity index (χ1v) is 7.34. The molecule has 0 unspecified atom stereocenters. The van der Waals surface area contributed by atoms with Gasteiger partial charge in [0.2, 0.25) is 10.0 Å². The average Bonchev–Trinajstić information content (AvgIpc) is 2.19. The molecule has 0 amide bonds. The minimum atomic E-state index is -3.50. The summed E-state index contributed by atoms with van der Waals surface area (Å²) in [4.78, 5) is 0.175. The first-order valence-electron chi connectivity index (χ1n) is 5.11. The number of hydrogen-bond donors (Lipinski definition) is 2. The molecule has 0 saturated carbocycles. The molecule has 1 aromatic carbocycles. The molecular weight excluding hydrogens is 308 g/mol. The number of nitrogens with zero attached hydrogens (tertiary/aromatic N) is 1. The summed E-state index contributed by atoms with van der Waals surface area (Å²) >= 11 is 3.21. The lowest BCUT2D eigenvalue weighted by molar-refractivity contribution is 0.117. The lowest BCUT2D eigenvalue weighted by Crippen LogP contribution is -2.51. The van der Waals surface area contributed by atoms with Gasteiger partial charge in [-0.3, -0.25) is 0 Å². The Kier molecular flexibility index (Phi) is 3.44. The summed E-state index contributed by atoms with van der Waals surface area (Å²) in [5, 5.41) is 8.89. The summed E-state index contributed by atoms with van der Waals surface area (Å²) in [5.41, 5.74) is 6.00. The highest BCUT2D eigenvalue weighted by molar-refractivity contribution is 9.10. The van der Waals surface area contributed by atoms with Crippen LogP contribution in [0.5, 0.6) is 0 Å². The van der Waals surface area contributed by atoms with Crippen molar-refractivity contribution in [2.75, 3.05) is 25.4 Å². The average molecular weight is 321 g/mol. The second-order valence-electron chi connectivity index (χ2n) is 4.06. The van der Waals surface area contributed by atoms with Crippen LogP contribution in [0.4, 0.5) is 5.69 Å². The summed E-state index contributed by atoms with van der Waals surface area (Å²) in [6.45, 7) is 0.740. The van der Waals surface area contributed by atoms with Gasteiger partial charge in [0, 0.05) is 35.8 Å². The molecule has 17 heavy (non-hydrogen) atoms. The van der Waals surface area contributed by atoms with Crippen molar-refractivity contribution in [1.82, 2.24) is 4.31 Å². The molecule has 0 bridgehead atoms. The molecule has 94 valence electrons. The highest BCUT2D eigenvalue weighted by Gasteiger charge is 2.37. The molecule has 1 aromatic rings. The van der Waals surface area contributed by atoms with E-state index >= 15 is 0 Å². The third-order valence-electron chi connectivity index (χ3n) is 2.75. The maximum atomic E-state index is 12.2. The van der Waals surface area contributed by atoms with E-state index < -0.39 is 10.0 Å². The van der Waals surface area contributed by atoms with Gasteiger partial charge in [-0.15, -0.1) is 0 Å². The normalized spacial score (nSPS) is 18.0. The highest BCUT2D eigenvalue weighted by atomic mass is 79.9. The molecule has 0 radical (unpaired) electrons. The van der Waals surface area contributed by atoms with E-state index in [9.17, 15) is 8.42 Å². The summed E-state index contributed by atoms with van der Waals surface area (Å²) < 4.78 is 26.3. The van der Waals surface area contributed by atoms with Crippen LogP contribution in [0, 0.1) is 5.92 Å². The Morgan fingerprint density at radius 3 is 2.71 bits per heavy atom. The first kappa shape index (κ1) is 12.8. The number of halogens is 1. The second kappa shape index (κ2) is 4.56. The fourth-order valence-corrected chi connectivity index (χ4v) is 4.24. The quantitative estimate of drug-likeness (QED) is 0.801. The van der Waals surface area contributed by atoms with Gasteiger partial charge in [-0.25, -0.2) is 8.42 Å². The minimum Gasteiger partial charge on any atom is -0.399 e. The van der Waals surface area contributed by atoms with Crippen molar-refractivity contribution in [3.05, 3.63) is 22.7 Å². The largest absolute Gasteiger partial charge is 0.399 e. The predicted octanol–water partition coefficient (Wildman–Crippen LogP) is 0.644. The Balaban J connectivity index is 2.30. The predicted molar refractivity (Wildman–Crippen MR) is 67.9 cm³/mol. The molecule has 1 aliphatic heterocycles. The van der Waals surface area contributed by atoms with Crippen LogP contribution in [-0.2, 0) is 10.0 Å². The van der Waals surface area contributed by atoms with Gasteiger partial charge in [-0.1, -0.05) is 0 Å². The van der Waals surface area contributed by atoms with E-state index in [4.69, 9.17) is 10.8 Å². The van der Waals surface area contributed by atoms with Crippen LogP contribution in [0.15, 0.2) is 27.6 Å². The van der Waals surface area contributed by atoms with E-state index in [0.29, 0.717) is 23.2 Å². The van der Waals surface area contributed by atoms with Gasteiger partial charge in [0.1, 0.15) is 0 Å². The maximum absolute atomic E-state index is 12.2. The van der Waals surface area contributed by atoms with E-state index in [0.717, 1.165) is 0 Å². The zero-order valence-corrected chi connectivity index (χ0v) is 11.4. The van der Waals surface area contributed by atoms with Crippen molar-refractivity contribution in [3.63, 3.8) is 0 Å². The van der Waals surface area contributed by atoms with Gasteiger partial charge in [0.05, 0.1) is 4.90 Å². The number of aliphatic hydroxyl groups is 1. The number of aliphatic hydroxyl groups excluding tert-OH is 1. The molecule has 3 N–H and O–H groups in total.